The SMILES string of the molecule is COC(=O)c1cccc(C)c1OC(=O)Cc1ccc(F)cc1. The summed E-state index contributed by atoms with van der Waals surface area (Å²) in [5, 5.41) is 0. The zero-order chi connectivity index (χ0) is 16.1. The van der Waals surface area contributed by atoms with Crippen LogP contribution in [0.4, 0.5) is 4.39 Å². The summed E-state index contributed by atoms with van der Waals surface area (Å²) in [5.74, 6) is -1.30. The second kappa shape index (κ2) is 6.85. The lowest BCUT2D eigenvalue weighted by atomic mass is 10.1. The van der Waals surface area contributed by atoms with E-state index in [0.717, 1.165) is 0 Å². The summed E-state index contributed by atoms with van der Waals surface area (Å²) < 4.78 is 22.8. The van der Waals surface area contributed by atoms with Gasteiger partial charge >= 0.3 is 11.9 Å². The van der Waals surface area contributed by atoms with Crippen molar-refractivity contribution in [3.8, 4) is 5.75 Å². The van der Waals surface area contributed by atoms with E-state index >= 15 is 0 Å². The summed E-state index contributed by atoms with van der Waals surface area (Å²) in [6.45, 7) is 1.73. The molecule has 0 fully saturated rings. The van der Waals surface area contributed by atoms with Gasteiger partial charge in [0.15, 0.2) is 0 Å². The number of halogens is 1. The minimum atomic E-state index is -0.576. The van der Waals surface area contributed by atoms with Crippen LogP contribution >= 0.6 is 0 Å². The Kier molecular flexibility index (Phi) is 4.88. The molecule has 0 aromatic heterocycles. The first-order chi connectivity index (χ1) is 10.5. The third-order valence-electron chi connectivity index (χ3n) is 3.09. The Labute approximate surface area is 127 Å². The highest BCUT2D eigenvalue weighted by molar-refractivity contribution is 5.94. The summed E-state index contributed by atoms with van der Waals surface area (Å²) in [7, 11) is 1.26. The molecule has 0 aliphatic heterocycles. The van der Waals surface area contributed by atoms with Crippen LogP contribution in [-0.2, 0) is 16.0 Å². The smallest absolute Gasteiger partial charge is 0.341 e. The number of hydrogen-bond donors (Lipinski definition) is 0. The lowest BCUT2D eigenvalue weighted by molar-refractivity contribution is -0.133. The van der Waals surface area contributed by atoms with Gasteiger partial charge < -0.3 is 9.47 Å². The fraction of sp³-hybridized carbons (Fsp3) is 0.176. The first-order valence-corrected chi connectivity index (χ1v) is 6.64. The molecule has 0 saturated carbocycles. The number of esters is 2. The van der Waals surface area contributed by atoms with Crippen LogP contribution in [-0.4, -0.2) is 19.0 Å². The van der Waals surface area contributed by atoms with E-state index in [1.54, 1.807) is 19.1 Å². The molecule has 2 aromatic rings. The van der Waals surface area contributed by atoms with E-state index in [9.17, 15) is 14.0 Å². The molecule has 0 heterocycles. The van der Waals surface area contributed by atoms with Crippen molar-refractivity contribution in [3.63, 3.8) is 0 Å². The Morgan fingerprint density at radius 2 is 1.77 bits per heavy atom. The minimum Gasteiger partial charge on any atom is -0.465 e. The Morgan fingerprint density at radius 3 is 2.41 bits per heavy atom. The van der Waals surface area contributed by atoms with Gasteiger partial charge in [0, 0.05) is 0 Å². The van der Waals surface area contributed by atoms with Crippen molar-refractivity contribution >= 4 is 11.9 Å². The molecule has 22 heavy (non-hydrogen) atoms. The molecule has 0 atom stereocenters. The van der Waals surface area contributed by atoms with E-state index in [-0.39, 0.29) is 23.6 Å². The van der Waals surface area contributed by atoms with Crippen molar-refractivity contribution in [2.24, 2.45) is 0 Å². The van der Waals surface area contributed by atoms with Crippen molar-refractivity contribution in [1.29, 1.82) is 0 Å². The molecule has 5 heteroatoms. The number of carbonyl (C=O) groups is 2. The third kappa shape index (κ3) is 3.69. The van der Waals surface area contributed by atoms with Crippen LogP contribution in [0.2, 0.25) is 0 Å². The van der Waals surface area contributed by atoms with E-state index in [1.807, 2.05) is 0 Å². The van der Waals surface area contributed by atoms with Gasteiger partial charge in [0.1, 0.15) is 17.1 Å². The maximum atomic E-state index is 12.8. The van der Waals surface area contributed by atoms with Crippen LogP contribution < -0.4 is 4.74 Å². The van der Waals surface area contributed by atoms with E-state index < -0.39 is 11.9 Å². The second-order valence-corrected chi connectivity index (χ2v) is 4.72. The molecular formula is C17H15FO4. The molecular weight excluding hydrogens is 287 g/mol. The minimum absolute atomic E-state index is 0.0186. The van der Waals surface area contributed by atoms with Gasteiger partial charge in [-0.3, -0.25) is 4.79 Å². The Morgan fingerprint density at radius 1 is 1.09 bits per heavy atom. The zero-order valence-corrected chi connectivity index (χ0v) is 12.3. The predicted molar refractivity (Wildman–Crippen MR) is 78.3 cm³/mol. The van der Waals surface area contributed by atoms with Crippen LogP contribution in [0, 0.1) is 12.7 Å². The van der Waals surface area contributed by atoms with Gasteiger partial charge in [-0.25, -0.2) is 9.18 Å². The molecule has 2 rings (SSSR count). The van der Waals surface area contributed by atoms with Gasteiger partial charge in [-0.15, -0.1) is 0 Å². The summed E-state index contributed by atoms with van der Waals surface area (Å²) >= 11 is 0. The number of benzene rings is 2. The monoisotopic (exact) mass is 302 g/mol. The predicted octanol–water partition coefficient (Wildman–Crippen LogP) is 3.07. The third-order valence-corrected chi connectivity index (χ3v) is 3.09. The van der Waals surface area contributed by atoms with Crippen molar-refractivity contribution < 1.29 is 23.5 Å². The van der Waals surface area contributed by atoms with E-state index in [2.05, 4.69) is 4.74 Å². The number of rotatable bonds is 4. The molecule has 0 N–H and O–H groups in total. The molecule has 2 aromatic carbocycles. The average Bonchev–Trinajstić information content (AvgIpc) is 2.51. The summed E-state index contributed by atoms with van der Waals surface area (Å²) in [6.07, 6.45) is -0.0186. The van der Waals surface area contributed by atoms with Gasteiger partial charge in [0.25, 0.3) is 0 Å². The normalized spacial score (nSPS) is 10.1. The van der Waals surface area contributed by atoms with Gasteiger partial charge in [-0.1, -0.05) is 24.3 Å². The summed E-state index contributed by atoms with van der Waals surface area (Å²) in [4.78, 5) is 23.7. The van der Waals surface area contributed by atoms with Crippen LogP contribution in [0.3, 0.4) is 0 Å². The highest BCUT2D eigenvalue weighted by atomic mass is 19.1. The van der Waals surface area contributed by atoms with E-state index in [1.165, 1.54) is 37.4 Å². The first-order valence-electron chi connectivity index (χ1n) is 6.64. The maximum absolute atomic E-state index is 12.8. The van der Waals surface area contributed by atoms with Crippen LogP contribution in [0.15, 0.2) is 42.5 Å². The maximum Gasteiger partial charge on any atom is 0.341 e. The topological polar surface area (TPSA) is 52.6 Å². The Bertz CT molecular complexity index is 692. The van der Waals surface area contributed by atoms with Crippen molar-refractivity contribution in [2.45, 2.75) is 13.3 Å². The molecule has 0 saturated heterocycles. The van der Waals surface area contributed by atoms with Gasteiger partial charge in [-0.05, 0) is 36.2 Å². The number of carbonyl (C=O) groups excluding carboxylic acids is 2. The molecule has 0 bridgehead atoms. The van der Waals surface area contributed by atoms with Crippen molar-refractivity contribution in [2.75, 3.05) is 7.11 Å². The Hall–Kier alpha value is -2.69. The standard InChI is InChI=1S/C17H15FO4/c1-11-4-3-5-14(17(20)21-2)16(11)22-15(19)10-12-6-8-13(18)9-7-12/h3-9H,10H2,1-2H3. The summed E-state index contributed by atoms with van der Waals surface area (Å²) in [5.41, 5.74) is 1.46. The van der Waals surface area contributed by atoms with Crippen molar-refractivity contribution in [1.82, 2.24) is 0 Å². The second-order valence-electron chi connectivity index (χ2n) is 4.72. The lowest BCUT2D eigenvalue weighted by Gasteiger charge is -2.11. The number of para-hydroxylation sites is 1. The van der Waals surface area contributed by atoms with Crippen LogP contribution in [0.1, 0.15) is 21.5 Å². The molecule has 114 valence electrons. The number of ether oxygens (including phenoxy) is 2. The van der Waals surface area contributed by atoms with Crippen molar-refractivity contribution in [3.05, 3.63) is 65.0 Å². The first kappa shape index (κ1) is 15.7. The number of aryl methyl sites for hydroxylation is 1. The molecule has 0 aliphatic carbocycles. The lowest BCUT2D eigenvalue weighted by Crippen LogP contribution is -2.15. The highest BCUT2D eigenvalue weighted by Crippen LogP contribution is 2.24. The van der Waals surface area contributed by atoms with E-state index in [4.69, 9.17) is 4.74 Å². The summed E-state index contributed by atoms with van der Waals surface area (Å²) in [6, 6.07) is 10.5. The van der Waals surface area contributed by atoms with Crippen LogP contribution in [0.5, 0.6) is 5.75 Å². The molecule has 0 aliphatic rings. The van der Waals surface area contributed by atoms with Gasteiger partial charge in [-0.2, -0.15) is 0 Å². The van der Waals surface area contributed by atoms with Gasteiger partial charge in [0.05, 0.1) is 13.5 Å². The molecule has 0 radical (unpaired) electrons. The average molecular weight is 302 g/mol. The van der Waals surface area contributed by atoms with Crippen LogP contribution in [0.25, 0.3) is 0 Å². The number of methoxy groups -OCH3 is 1. The van der Waals surface area contributed by atoms with Gasteiger partial charge in [0.2, 0.25) is 0 Å². The molecule has 0 amide bonds. The quantitative estimate of drug-likeness (QED) is 0.643. The largest absolute Gasteiger partial charge is 0.465 e. The molecule has 0 spiro atoms. The number of hydrogen-bond acceptors (Lipinski definition) is 4. The fourth-order valence-corrected chi connectivity index (χ4v) is 1.98. The molecule has 0 unspecified atom stereocenters. The van der Waals surface area contributed by atoms with E-state index in [0.29, 0.717) is 11.1 Å². The molecule has 4 nitrogen and oxygen atoms in total. The zero-order valence-electron chi connectivity index (χ0n) is 12.3. The highest BCUT2D eigenvalue weighted by Gasteiger charge is 2.18. The fourth-order valence-electron chi connectivity index (χ4n) is 1.98. The Balaban J connectivity index is 2.17.